The molecule has 0 spiro atoms. The quantitative estimate of drug-likeness (QED) is 0.668. The number of amides is 1. The second kappa shape index (κ2) is 5.98. The number of nitrogens with zero attached hydrogens (tertiary/aromatic N) is 1. The Kier molecular flexibility index (Phi) is 4.85. The van der Waals surface area contributed by atoms with Gasteiger partial charge in [-0.2, -0.15) is 0 Å². The van der Waals surface area contributed by atoms with Gasteiger partial charge in [-0.1, -0.05) is 0 Å². The number of halogens is 1. The van der Waals surface area contributed by atoms with Crippen molar-refractivity contribution in [1.29, 1.82) is 0 Å². The van der Waals surface area contributed by atoms with Crippen molar-refractivity contribution in [2.45, 2.75) is 32.9 Å². The Balaban J connectivity index is 2.69. The first-order valence-corrected chi connectivity index (χ1v) is 5.67. The van der Waals surface area contributed by atoms with E-state index in [1.54, 1.807) is 20.8 Å². The normalized spacial score (nSPS) is 11.1. The summed E-state index contributed by atoms with van der Waals surface area (Å²) >= 11 is 0. The minimum atomic E-state index is -1.93. The van der Waals surface area contributed by atoms with Crippen LogP contribution in [0, 0.1) is 5.82 Å². The molecule has 1 rings (SSSR count). The van der Waals surface area contributed by atoms with Gasteiger partial charge in [0, 0.05) is 11.7 Å². The Morgan fingerprint density at radius 1 is 1.53 bits per heavy atom. The molecule has 0 saturated heterocycles. The van der Waals surface area contributed by atoms with Gasteiger partial charge in [0.2, 0.25) is 0 Å². The summed E-state index contributed by atoms with van der Waals surface area (Å²) in [4.78, 5) is 15.1. The number of ether oxygens (including phenoxy) is 1. The molecule has 0 aliphatic rings. The van der Waals surface area contributed by atoms with Crippen LogP contribution in [0.25, 0.3) is 0 Å². The summed E-state index contributed by atoms with van der Waals surface area (Å²) in [6, 6.07) is 1.15. The Morgan fingerprint density at radius 3 is 2.68 bits per heavy atom. The Morgan fingerprint density at radius 2 is 2.16 bits per heavy atom. The molecule has 6 nitrogen and oxygen atoms in total. The monoisotopic (exact) mass is 270 g/mol. The van der Waals surface area contributed by atoms with E-state index in [0.29, 0.717) is 0 Å². The van der Waals surface area contributed by atoms with Crippen molar-refractivity contribution in [1.82, 2.24) is 10.3 Å². The number of alkyl carbamates (subject to hydrolysis) is 1. The second-order valence-corrected chi connectivity index (χ2v) is 4.89. The summed E-state index contributed by atoms with van der Waals surface area (Å²) in [5, 5.41) is 20.2. The van der Waals surface area contributed by atoms with Crippen molar-refractivity contribution in [3.05, 3.63) is 23.8 Å². The predicted molar refractivity (Wildman–Crippen MR) is 67.1 cm³/mol. The van der Waals surface area contributed by atoms with Crippen LogP contribution >= 0.6 is 0 Å². The molecule has 0 bridgehead atoms. The maximum Gasteiger partial charge on any atom is 0.491 e. The van der Waals surface area contributed by atoms with E-state index in [4.69, 9.17) is 14.8 Å². The van der Waals surface area contributed by atoms with Gasteiger partial charge in [0.25, 0.3) is 0 Å². The third kappa shape index (κ3) is 4.84. The summed E-state index contributed by atoms with van der Waals surface area (Å²) in [6.07, 6.45) is 0.521. The first-order chi connectivity index (χ1) is 8.70. The standard InChI is InChI=1S/C11H16BFN2O4/c1-11(2,3)19-10(16)15-6-8-9(13)7(12(17)18)4-5-14-8/h4-5,17-18H,6H2,1-3H3,(H,15,16). The third-order valence-electron chi connectivity index (χ3n) is 2.07. The number of rotatable bonds is 3. The first-order valence-electron chi connectivity index (χ1n) is 5.67. The van der Waals surface area contributed by atoms with Gasteiger partial charge in [-0.05, 0) is 26.8 Å². The summed E-state index contributed by atoms with van der Waals surface area (Å²) in [5.74, 6) is -0.867. The third-order valence-corrected chi connectivity index (χ3v) is 2.07. The van der Waals surface area contributed by atoms with E-state index in [1.807, 2.05) is 0 Å². The topological polar surface area (TPSA) is 91.7 Å². The summed E-state index contributed by atoms with van der Waals surface area (Å²) in [6.45, 7) is 4.90. The van der Waals surface area contributed by atoms with Crippen LogP contribution in [-0.2, 0) is 11.3 Å². The molecular weight excluding hydrogens is 254 g/mol. The average molecular weight is 270 g/mol. The minimum Gasteiger partial charge on any atom is -0.444 e. The van der Waals surface area contributed by atoms with E-state index in [0.717, 1.165) is 6.07 Å². The van der Waals surface area contributed by atoms with Crippen molar-refractivity contribution in [3.63, 3.8) is 0 Å². The Hall–Kier alpha value is -1.67. The van der Waals surface area contributed by atoms with Crippen molar-refractivity contribution < 1.29 is 24.0 Å². The van der Waals surface area contributed by atoms with Crippen LogP contribution in [0.15, 0.2) is 12.3 Å². The highest BCUT2D eigenvalue weighted by Crippen LogP contribution is 2.07. The second-order valence-electron chi connectivity index (χ2n) is 4.89. The minimum absolute atomic E-state index is 0.101. The van der Waals surface area contributed by atoms with E-state index in [-0.39, 0.29) is 17.7 Å². The molecule has 104 valence electrons. The number of hydrogen-bond donors (Lipinski definition) is 3. The van der Waals surface area contributed by atoms with Crippen molar-refractivity contribution in [2.24, 2.45) is 0 Å². The molecule has 1 amide bonds. The highest BCUT2D eigenvalue weighted by atomic mass is 19.1. The average Bonchev–Trinajstić information content (AvgIpc) is 2.24. The van der Waals surface area contributed by atoms with E-state index in [9.17, 15) is 9.18 Å². The Labute approximate surface area is 110 Å². The molecule has 0 aliphatic carbocycles. The smallest absolute Gasteiger partial charge is 0.444 e. The van der Waals surface area contributed by atoms with E-state index < -0.39 is 24.6 Å². The molecule has 0 radical (unpaired) electrons. The highest BCUT2D eigenvalue weighted by Gasteiger charge is 2.21. The molecule has 3 N–H and O–H groups in total. The number of nitrogens with one attached hydrogen (secondary N) is 1. The number of carbonyl (C=O) groups excluding carboxylic acids is 1. The van der Waals surface area contributed by atoms with Gasteiger partial charge in [-0.15, -0.1) is 0 Å². The van der Waals surface area contributed by atoms with Crippen LogP contribution in [0.2, 0.25) is 0 Å². The van der Waals surface area contributed by atoms with Gasteiger partial charge in [-0.25, -0.2) is 9.18 Å². The van der Waals surface area contributed by atoms with Gasteiger partial charge in [0.15, 0.2) is 0 Å². The summed E-state index contributed by atoms with van der Waals surface area (Å²) in [7, 11) is -1.93. The zero-order chi connectivity index (χ0) is 14.6. The molecule has 1 aromatic rings. The molecule has 0 aromatic carbocycles. The van der Waals surface area contributed by atoms with Gasteiger partial charge >= 0.3 is 13.2 Å². The van der Waals surface area contributed by atoms with Crippen LogP contribution in [-0.4, -0.2) is 33.8 Å². The molecule has 0 atom stereocenters. The van der Waals surface area contributed by atoms with E-state index >= 15 is 0 Å². The predicted octanol–water partition coefficient (Wildman–Crippen LogP) is -0.0748. The number of carbonyl (C=O) groups is 1. The molecule has 8 heteroatoms. The fraction of sp³-hybridized carbons (Fsp3) is 0.455. The van der Waals surface area contributed by atoms with Crippen LogP contribution in [0.3, 0.4) is 0 Å². The zero-order valence-corrected chi connectivity index (χ0v) is 11.0. The number of hydrogen-bond acceptors (Lipinski definition) is 5. The molecule has 19 heavy (non-hydrogen) atoms. The van der Waals surface area contributed by atoms with Crippen molar-refractivity contribution in [2.75, 3.05) is 0 Å². The van der Waals surface area contributed by atoms with Crippen molar-refractivity contribution in [3.8, 4) is 0 Å². The molecule has 1 heterocycles. The molecule has 0 unspecified atom stereocenters. The largest absolute Gasteiger partial charge is 0.491 e. The van der Waals surface area contributed by atoms with Crippen molar-refractivity contribution >= 4 is 18.7 Å². The van der Waals surface area contributed by atoms with Crippen LogP contribution in [0.5, 0.6) is 0 Å². The van der Waals surface area contributed by atoms with Gasteiger partial charge in [0.1, 0.15) is 11.4 Å². The number of aromatic nitrogens is 1. The van der Waals surface area contributed by atoms with E-state index in [1.165, 1.54) is 6.20 Å². The molecule has 0 fully saturated rings. The maximum atomic E-state index is 13.7. The summed E-state index contributed by atoms with van der Waals surface area (Å²) < 4.78 is 18.7. The van der Waals surface area contributed by atoms with Gasteiger partial charge < -0.3 is 20.1 Å². The fourth-order valence-corrected chi connectivity index (χ4v) is 1.30. The lowest BCUT2D eigenvalue weighted by Crippen LogP contribution is -2.36. The lowest BCUT2D eigenvalue weighted by molar-refractivity contribution is 0.0522. The van der Waals surface area contributed by atoms with Gasteiger partial charge in [-0.3, -0.25) is 4.98 Å². The zero-order valence-electron chi connectivity index (χ0n) is 11.0. The maximum absolute atomic E-state index is 13.7. The fourth-order valence-electron chi connectivity index (χ4n) is 1.30. The Bertz CT molecular complexity index is 462. The molecular formula is C11H16BFN2O4. The number of pyridine rings is 1. The van der Waals surface area contributed by atoms with Crippen LogP contribution in [0.4, 0.5) is 9.18 Å². The lowest BCUT2D eigenvalue weighted by Gasteiger charge is -2.19. The van der Waals surface area contributed by atoms with Gasteiger partial charge in [0.05, 0.1) is 12.2 Å². The van der Waals surface area contributed by atoms with Crippen LogP contribution < -0.4 is 10.8 Å². The molecule has 0 saturated carbocycles. The molecule has 0 aliphatic heterocycles. The lowest BCUT2D eigenvalue weighted by atomic mass is 9.80. The van der Waals surface area contributed by atoms with Crippen LogP contribution in [0.1, 0.15) is 26.5 Å². The first kappa shape index (κ1) is 15.4. The molecule has 1 aromatic heterocycles. The van der Waals surface area contributed by atoms with E-state index in [2.05, 4.69) is 10.3 Å². The SMILES string of the molecule is CC(C)(C)OC(=O)NCc1nccc(B(O)O)c1F. The summed E-state index contributed by atoms with van der Waals surface area (Å²) in [5.41, 5.74) is -1.05. The highest BCUT2D eigenvalue weighted by molar-refractivity contribution is 6.58.